The first kappa shape index (κ1) is 22.5. The molecule has 158 valence electrons. The summed E-state index contributed by atoms with van der Waals surface area (Å²) >= 11 is 0. The topological polar surface area (TPSA) is 133 Å². The number of nitrogens with zero attached hydrogens (tertiary/aromatic N) is 2. The van der Waals surface area contributed by atoms with Crippen molar-refractivity contribution in [2.45, 2.75) is 24.2 Å². The van der Waals surface area contributed by atoms with Gasteiger partial charge in [-0.15, -0.1) is 0 Å². The van der Waals surface area contributed by atoms with E-state index in [-0.39, 0.29) is 25.9 Å². The number of hydrogen-bond acceptors (Lipinski definition) is 8. The van der Waals surface area contributed by atoms with Crippen molar-refractivity contribution in [2.75, 3.05) is 27.3 Å². The molecule has 0 saturated carbocycles. The zero-order valence-electron chi connectivity index (χ0n) is 16.1. The SMILES string of the molecule is COC(=O)C1(C(=O)OC)C/C=C\CCN(S(=O)(=O)c2ccccc2[N+](=O)[O-])CC1. The molecule has 1 aromatic rings. The van der Waals surface area contributed by atoms with Gasteiger partial charge in [-0.25, -0.2) is 8.42 Å². The van der Waals surface area contributed by atoms with Crippen molar-refractivity contribution in [3.63, 3.8) is 0 Å². The number of esters is 2. The number of ether oxygens (including phenoxy) is 2. The Hall–Kier alpha value is -2.79. The quantitative estimate of drug-likeness (QED) is 0.228. The van der Waals surface area contributed by atoms with E-state index in [0.717, 1.165) is 30.7 Å². The van der Waals surface area contributed by atoms with Gasteiger partial charge in [-0.05, 0) is 25.3 Å². The predicted octanol–water partition coefficient (Wildman–Crippen LogP) is 1.66. The van der Waals surface area contributed by atoms with Gasteiger partial charge in [-0.3, -0.25) is 19.7 Å². The van der Waals surface area contributed by atoms with Crippen LogP contribution in [-0.4, -0.2) is 56.9 Å². The number of sulfonamides is 1. The van der Waals surface area contributed by atoms with Gasteiger partial charge in [0, 0.05) is 19.2 Å². The van der Waals surface area contributed by atoms with Gasteiger partial charge in [0.05, 0.1) is 19.1 Å². The summed E-state index contributed by atoms with van der Waals surface area (Å²) in [5.74, 6) is -1.67. The largest absolute Gasteiger partial charge is 0.468 e. The van der Waals surface area contributed by atoms with Crippen LogP contribution in [0.5, 0.6) is 0 Å². The number of nitro groups is 1. The number of hydrogen-bond donors (Lipinski definition) is 0. The summed E-state index contributed by atoms with van der Waals surface area (Å²) in [5.41, 5.74) is -2.25. The summed E-state index contributed by atoms with van der Waals surface area (Å²) in [5, 5.41) is 11.3. The van der Waals surface area contributed by atoms with E-state index >= 15 is 0 Å². The number of carbonyl (C=O) groups is 2. The van der Waals surface area contributed by atoms with Crippen LogP contribution in [0.15, 0.2) is 41.3 Å². The Kier molecular flexibility index (Phi) is 7.09. The zero-order valence-corrected chi connectivity index (χ0v) is 16.9. The zero-order chi connectivity index (χ0) is 21.7. The van der Waals surface area contributed by atoms with E-state index in [1.807, 2.05) is 0 Å². The molecule has 1 heterocycles. The average Bonchev–Trinajstić information content (AvgIpc) is 2.83. The van der Waals surface area contributed by atoms with Crippen LogP contribution in [0, 0.1) is 15.5 Å². The standard InChI is InChI=1S/C18H22N2O8S/c1-27-16(21)18(17(22)28-2)10-6-3-7-12-19(13-11-18)29(25,26)15-9-5-4-8-14(15)20(23)24/h3-6,8-9H,7,10-13H2,1-2H3/b6-3-. The fourth-order valence-electron chi connectivity index (χ4n) is 3.20. The minimum atomic E-state index is -4.25. The molecule has 11 heteroatoms. The highest BCUT2D eigenvalue weighted by Crippen LogP contribution is 2.34. The second-order valence-electron chi connectivity index (χ2n) is 6.41. The highest BCUT2D eigenvalue weighted by atomic mass is 32.2. The summed E-state index contributed by atoms with van der Waals surface area (Å²) < 4.78 is 36.9. The fraction of sp³-hybridized carbons (Fsp3) is 0.444. The number of rotatable bonds is 5. The Morgan fingerprint density at radius 3 is 2.31 bits per heavy atom. The summed E-state index contributed by atoms with van der Waals surface area (Å²) in [6.45, 7) is -0.191. The molecule has 10 nitrogen and oxygen atoms in total. The van der Waals surface area contributed by atoms with Crippen LogP contribution in [0.2, 0.25) is 0 Å². The van der Waals surface area contributed by atoms with Crippen molar-refractivity contribution in [3.8, 4) is 0 Å². The van der Waals surface area contributed by atoms with Crippen molar-refractivity contribution in [1.29, 1.82) is 0 Å². The number of nitro benzene ring substituents is 1. The predicted molar refractivity (Wildman–Crippen MR) is 101 cm³/mol. The molecule has 1 aliphatic rings. The van der Waals surface area contributed by atoms with E-state index in [9.17, 15) is 28.1 Å². The first-order valence-corrected chi connectivity index (χ1v) is 10.2. The maximum Gasteiger partial charge on any atom is 0.323 e. The third kappa shape index (κ3) is 4.46. The molecule has 0 bridgehead atoms. The minimum absolute atomic E-state index is 0.00822. The summed E-state index contributed by atoms with van der Waals surface area (Å²) in [6, 6.07) is 5.03. The van der Waals surface area contributed by atoms with E-state index in [0.29, 0.717) is 6.42 Å². The lowest BCUT2D eigenvalue weighted by Gasteiger charge is -2.29. The molecule has 0 aromatic heterocycles. The first-order chi connectivity index (χ1) is 13.7. The Morgan fingerprint density at radius 2 is 1.72 bits per heavy atom. The van der Waals surface area contributed by atoms with Gasteiger partial charge < -0.3 is 9.47 Å². The minimum Gasteiger partial charge on any atom is -0.468 e. The van der Waals surface area contributed by atoms with Gasteiger partial charge >= 0.3 is 11.9 Å². The summed E-state index contributed by atoms with van der Waals surface area (Å²) in [7, 11) is -1.99. The third-order valence-electron chi connectivity index (χ3n) is 4.80. The monoisotopic (exact) mass is 426 g/mol. The lowest BCUT2D eigenvalue weighted by molar-refractivity contribution is -0.387. The van der Waals surface area contributed by atoms with Crippen LogP contribution in [-0.2, 0) is 29.1 Å². The van der Waals surface area contributed by atoms with E-state index in [4.69, 9.17) is 9.47 Å². The van der Waals surface area contributed by atoms with Crippen molar-refractivity contribution < 1.29 is 32.4 Å². The maximum atomic E-state index is 13.1. The van der Waals surface area contributed by atoms with Gasteiger partial charge in [0.15, 0.2) is 10.3 Å². The molecule has 0 aliphatic carbocycles. The summed E-state index contributed by atoms with van der Waals surface area (Å²) in [6.07, 6.45) is 3.35. The second kappa shape index (κ2) is 9.14. The van der Waals surface area contributed by atoms with Crippen LogP contribution in [0.1, 0.15) is 19.3 Å². The molecule has 0 spiro atoms. The van der Waals surface area contributed by atoms with Crippen LogP contribution in [0.3, 0.4) is 0 Å². The fourth-order valence-corrected chi connectivity index (χ4v) is 4.81. The average molecular weight is 426 g/mol. The maximum absolute atomic E-state index is 13.1. The Labute approximate surface area is 168 Å². The molecular formula is C18H22N2O8S. The third-order valence-corrected chi connectivity index (χ3v) is 6.74. The van der Waals surface area contributed by atoms with Gasteiger partial charge in [0.25, 0.3) is 5.69 Å². The van der Waals surface area contributed by atoms with Gasteiger partial charge in [-0.1, -0.05) is 24.3 Å². The number of allylic oxidation sites excluding steroid dienone is 1. The van der Waals surface area contributed by atoms with Crippen LogP contribution in [0.4, 0.5) is 5.69 Å². The molecule has 0 amide bonds. The number of para-hydroxylation sites is 1. The van der Waals surface area contributed by atoms with E-state index in [2.05, 4.69) is 0 Å². The van der Waals surface area contributed by atoms with Crippen molar-refractivity contribution in [1.82, 2.24) is 4.31 Å². The molecule has 0 saturated heterocycles. The van der Waals surface area contributed by atoms with Gasteiger partial charge in [0.2, 0.25) is 10.0 Å². The van der Waals surface area contributed by atoms with Crippen molar-refractivity contribution in [2.24, 2.45) is 5.41 Å². The first-order valence-electron chi connectivity index (χ1n) is 8.76. The number of methoxy groups -OCH3 is 2. The lowest BCUT2D eigenvalue weighted by atomic mass is 9.81. The van der Waals surface area contributed by atoms with Crippen LogP contribution in [0.25, 0.3) is 0 Å². The van der Waals surface area contributed by atoms with E-state index in [1.54, 1.807) is 12.2 Å². The molecule has 1 aromatic carbocycles. The van der Waals surface area contributed by atoms with Gasteiger partial charge in [-0.2, -0.15) is 4.31 Å². The van der Waals surface area contributed by atoms with E-state index in [1.165, 1.54) is 12.1 Å². The normalized spacial score (nSPS) is 18.6. The molecule has 1 aliphatic heterocycles. The van der Waals surface area contributed by atoms with Crippen molar-refractivity contribution >= 4 is 27.6 Å². The molecule has 29 heavy (non-hydrogen) atoms. The van der Waals surface area contributed by atoms with E-state index < -0.39 is 42.9 Å². The molecule has 0 fully saturated rings. The van der Waals surface area contributed by atoms with Crippen molar-refractivity contribution in [3.05, 3.63) is 46.5 Å². The van der Waals surface area contributed by atoms with Crippen LogP contribution >= 0.6 is 0 Å². The molecule has 0 radical (unpaired) electrons. The molecular weight excluding hydrogens is 404 g/mol. The Morgan fingerprint density at radius 1 is 1.10 bits per heavy atom. The Balaban J connectivity index is 2.48. The molecule has 0 unspecified atom stereocenters. The van der Waals surface area contributed by atoms with Gasteiger partial charge in [0.1, 0.15) is 0 Å². The molecule has 0 N–H and O–H groups in total. The molecule has 0 atom stereocenters. The highest BCUT2D eigenvalue weighted by molar-refractivity contribution is 7.89. The Bertz CT molecular complexity index is 910. The van der Waals surface area contributed by atoms with Crippen LogP contribution < -0.4 is 0 Å². The smallest absolute Gasteiger partial charge is 0.323 e. The number of benzene rings is 1. The number of carbonyl (C=O) groups excluding carboxylic acids is 2. The highest BCUT2D eigenvalue weighted by Gasteiger charge is 2.48. The second-order valence-corrected chi connectivity index (χ2v) is 8.31. The summed E-state index contributed by atoms with van der Waals surface area (Å²) in [4.78, 5) is 34.9. The molecule has 2 rings (SSSR count). The lowest BCUT2D eigenvalue weighted by Crippen LogP contribution is -2.44.